The topological polar surface area (TPSA) is 13.0 Å². The van der Waals surface area contributed by atoms with Crippen molar-refractivity contribution in [2.75, 3.05) is 56.4 Å². The van der Waals surface area contributed by atoms with Gasteiger partial charge in [-0.3, -0.25) is 0 Å². The Balaban J connectivity index is -0.0000000600. The number of rotatable bonds is 0. The van der Waals surface area contributed by atoms with Crippen LogP contribution >= 0.6 is 0 Å². The van der Waals surface area contributed by atoms with Crippen LogP contribution in [0.5, 0.6) is 0 Å². The number of hydrogen-bond donors (Lipinski definition) is 0. The number of nitrogens with zero attached hydrogens (tertiary/aromatic N) is 4. The zero-order valence-corrected chi connectivity index (χ0v) is 30.6. The van der Waals surface area contributed by atoms with Crippen LogP contribution in [0.1, 0.15) is 0 Å². The Morgan fingerprint density at radius 1 is 0.375 bits per heavy atom. The molecule has 0 spiro atoms. The van der Waals surface area contributed by atoms with E-state index in [0.717, 1.165) is 66.9 Å². The Hall–Kier alpha value is 2.01. The summed E-state index contributed by atoms with van der Waals surface area (Å²) in [5.41, 5.74) is 0. The third-order valence-corrected chi connectivity index (χ3v) is 0. The van der Waals surface area contributed by atoms with Crippen LogP contribution in [-0.4, -0.2) is 139 Å². The Kier molecular flexibility index (Phi) is 36.9. The molecule has 0 rings (SSSR count). The predicted octanol–water partition coefficient (Wildman–Crippen LogP) is -4.69. The Bertz CT molecular complexity index is 67.0. The van der Waals surface area contributed by atoms with Gasteiger partial charge in [0, 0.05) is 0 Å². The summed E-state index contributed by atoms with van der Waals surface area (Å²) in [5.74, 6) is 0. The van der Waals surface area contributed by atoms with Crippen LogP contribution in [0.15, 0.2) is 0 Å². The van der Waals surface area contributed by atoms with E-state index in [1.54, 1.807) is 0 Å². The van der Waals surface area contributed by atoms with E-state index in [1.165, 1.54) is 0 Å². The van der Waals surface area contributed by atoms with Crippen molar-refractivity contribution < 1.29 is 0 Å². The van der Waals surface area contributed by atoms with Crippen molar-refractivity contribution in [1.29, 1.82) is 0 Å². The molecule has 0 heterocycles. The summed E-state index contributed by atoms with van der Waals surface area (Å²) < 4.78 is 8.75. The van der Waals surface area contributed by atoms with E-state index in [-0.39, 0.29) is 0 Å². The van der Waals surface area contributed by atoms with Gasteiger partial charge in [0.1, 0.15) is 0 Å². The zero-order chi connectivity index (χ0) is 14.3. The van der Waals surface area contributed by atoms with Gasteiger partial charge in [-0.05, 0) is 0 Å². The summed E-state index contributed by atoms with van der Waals surface area (Å²) in [6.45, 7) is 0. The van der Waals surface area contributed by atoms with Crippen LogP contribution in [0.4, 0.5) is 0 Å². The first kappa shape index (κ1) is 26.6. The molecular weight excluding hydrogens is 443 g/mol. The number of hydrogen-bond acceptors (Lipinski definition) is 4. The van der Waals surface area contributed by atoms with E-state index in [2.05, 4.69) is 71.8 Å². The van der Waals surface area contributed by atoms with Crippen LogP contribution in [0, 0.1) is 0 Å². The summed E-state index contributed by atoms with van der Waals surface area (Å²) in [5, 5.41) is 0. The molecule has 4 nitrogen and oxygen atoms in total. The summed E-state index contributed by atoms with van der Waals surface area (Å²) in [7, 11) is 16.7. The molecule has 0 unspecified atom stereocenters. The molecule has 0 atom stereocenters. The van der Waals surface area contributed by atoms with Gasteiger partial charge in [0.05, 0.1) is 0 Å². The van der Waals surface area contributed by atoms with Crippen molar-refractivity contribution in [2.45, 2.75) is 0 Å². The van der Waals surface area contributed by atoms with Crippen molar-refractivity contribution in [3.8, 4) is 0 Å². The fourth-order valence-corrected chi connectivity index (χ4v) is 0. The van der Waals surface area contributed by atoms with Crippen molar-refractivity contribution >= 4 is 66.9 Å². The van der Waals surface area contributed by atoms with Gasteiger partial charge < -0.3 is 0 Å². The van der Waals surface area contributed by atoms with Gasteiger partial charge in [-0.1, -0.05) is 0 Å². The minimum atomic E-state index is 0.896. The third-order valence-electron chi connectivity index (χ3n) is 0. The molecule has 0 fully saturated rings. The Morgan fingerprint density at radius 3 is 0.375 bits per heavy atom. The van der Waals surface area contributed by atoms with E-state index in [1.807, 2.05) is 0 Å². The quantitative estimate of drug-likeness (QED) is 0.325. The molecule has 0 aromatic rings. The summed E-state index contributed by atoms with van der Waals surface area (Å²) >= 11 is 3.58. The first-order chi connectivity index (χ1) is 6.93. The van der Waals surface area contributed by atoms with E-state index in [0.29, 0.717) is 0 Å². The first-order valence-corrected chi connectivity index (χ1v) is 12.9. The molecule has 8 heteroatoms. The van der Waals surface area contributed by atoms with Gasteiger partial charge in [-0.2, -0.15) is 0 Å². The molecule has 0 N–H and O–H groups in total. The molecular formula is C8H36Ge4N4. The average molecular weight is 479 g/mol. The minimum absolute atomic E-state index is 0.896. The molecule has 0 aliphatic carbocycles. The molecule has 0 bridgehead atoms. The molecule has 0 amide bonds. The zero-order valence-electron chi connectivity index (χ0n) is 13.8. The third kappa shape index (κ3) is 892. The van der Waals surface area contributed by atoms with Gasteiger partial charge in [0.15, 0.2) is 0 Å². The van der Waals surface area contributed by atoms with Gasteiger partial charge >= 0.3 is 139 Å². The van der Waals surface area contributed by atoms with Crippen molar-refractivity contribution in [3.63, 3.8) is 0 Å². The second-order valence-electron chi connectivity index (χ2n) is 5.37. The molecule has 104 valence electrons. The van der Waals surface area contributed by atoms with E-state index < -0.39 is 0 Å². The molecule has 0 saturated carbocycles. The van der Waals surface area contributed by atoms with E-state index in [4.69, 9.17) is 0 Å². The maximum atomic E-state index is 2.19. The molecule has 0 aromatic carbocycles. The fraction of sp³-hybridized carbons (Fsp3) is 1.00. The van der Waals surface area contributed by atoms with Gasteiger partial charge in [0.2, 0.25) is 0 Å². The average Bonchev–Trinajstić information content (AvgIpc) is 1.76. The monoisotopic (exact) mass is 484 g/mol. The first-order valence-electron chi connectivity index (χ1n) is 5.37. The van der Waals surface area contributed by atoms with Crippen LogP contribution in [0.3, 0.4) is 0 Å². The van der Waals surface area contributed by atoms with E-state index >= 15 is 0 Å². The molecule has 0 aliphatic heterocycles. The van der Waals surface area contributed by atoms with Crippen LogP contribution in [-0.2, 0) is 0 Å². The summed E-state index contributed by atoms with van der Waals surface area (Å²) in [6.07, 6.45) is 0. The van der Waals surface area contributed by atoms with E-state index in [9.17, 15) is 0 Å². The molecule has 0 radical (unpaired) electrons. The maximum absolute atomic E-state index is 2.19. The summed E-state index contributed by atoms with van der Waals surface area (Å²) in [4.78, 5) is 0. The predicted molar refractivity (Wildman–Crippen MR) is 94.5 cm³/mol. The van der Waals surface area contributed by atoms with Gasteiger partial charge in [-0.25, -0.2) is 0 Å². The summed E-state index contributed by atoms with van der Waals surface area (Å²) in [6, 6.07) is 0. The van der Waals surface area contributed by atoms with Crippen LogP contribution < -0.4 is 0 Å². The van der Waals surface area contributed by atoms with Crippen LogP contribution in [0.25, 0.3) is 0 Å². The standard InChI is InChI=1S/4C2H9GeN/c4*1-4(2)3/h4*1-3H3. The Morgan fingerprint density at radius 2 is 0.375 bits per heavy atom. The fourth-order valence-electron chi connectivity index (χ4n) is 0. The molecule has 0 saturated heterocycles. The Labute approximate surface area is 138 Å². The van der Waals surface area contributed by atoms with Crippen molar-refractivity contribution in [1.82, 2.24) is 15.4 Å². The van der Waals surface area contributed by atoms with Crippen molar-refractivity contribution in [3.05, 3.63) is 0 Å². The SMILES string of the molecule is C[N](C)[GeH3].C[N](C)[GeH3].C[N](C)[GeH3].C[N](C)[GeH3]. The molecule has 16 heavy (non-hydrogen) atoms. The normalized spacial score (nSPS) is 9.75. The molecule has 0 aliphatic rings. The second kappa shape index (κ2) is 22.2. The van der Waals surface area contributed by atoms with Gasteiger partial charge in [-0.15, -0.1) is 0 Å². The second-order valence-corrected chi connectivity index (χ2v) is 20.4. The molecule has 0 aromatic heterocycles. The van der Waals surface area contributed by atoms with Gasteiger partial charge in [0.25, 0.3) is 0 Å². The van der Waals surface area contributed by atoms with Crippen molar-refractivity contribution in [2.24, 2.45) is 0 Å². The van der Waals surface area contributed by atoms with Crippen LogP contribution in [0.2, 0.25) is 0 Å².